The summed E-state index contributed by atoms with van der Waals surface area (Å²) < 4.78 is 14.6. The normalized spacial score (nSPS) is 22.2. The minimum Gasteiger partial charge on any atom is -0.393 e. The lowest BCUT2D eigenvalue weighted by Crippen LogP contribution is -2.45. The number of benzene rings is 1. The Hall–Kier alpha value is -2.47. The lowest BCUT2D eigenvalue weighted by molar-refractivity contribution is -0.143. The third-order valence-corrected chi connectivity index (χ3v) is 5.12. The summed E-state index contributed by atoms with van der Waals surface area (Å²) >= 11 is 0. The van der Waals surface area contributed by atoms with Gasteiger partial charge in [-0.1, -0.05) is 0 Å². The average molecular weight is 342 g/mol. The van der Waals surface area contributed by atoms with Crippen LogP contribution in [0.2, 0.25) is 0 Å². The van der Waals surface area contributed by atoms with E-state index in [1.807, 2.05) is 0 Å². The molecular weight excluding hydrogens is 323 g/mol. The number of nitrogens with zero attached hydrogens (tertiary/aromatic N) is 2. The van der Waals surface area contributed by atoms with Gasteiger partial charge in [0.25, 0.3) is 5.56 Å². The molecular formula is C19H19FN2O3. The van der Waals surface area contributed by atoms with Gasteiger partial charge in [0.1, 0.15) is 5.82 Å². The van der Waals surface area contributed by atoms with Crippen molar-refractivity contribution in [1.82, 2.24) is 9.47 Å². The van der Waals surface area contributed by atoms with Crippen molar-refractivity contribution < 1.29 is 14.3 Å². The van der Waals surface area contributed by atoms with E-state index in [0.717, 1.165) is 11.1 Å². The Morgan fingerprint density at radius 3 is 2.56 bits per heavy atom. The number of aliphatic hydroxyl groups is 1. The van der Waals surface area contributed by atoms with Gasteiger partial charge in [-0.2, -0.15) is 0 Å². The summed E-state index contributed by atoms with van der Waals surface area (Å²) in [6.45, 7) is 1.06. The maximum absolute atomic E-state index is 13.1. The fraction of sp³-hybridized carbons (Fsp3) is 0.368. The topological polar surface area (TPSA) is 62.5 Å². The molecule has 0 atom stereocenters. The molecule has 2 heterocycles. The third-order valence-electron chi connectivity index (χ3n) is 5.12. The molecule has 1 aliphatic heterocycles. The van der Waals surface area contributed by atoms with E-state index in [1.165, 1.54) is 16.7 Å². The Morgan fingerprint density at radius 2 is 1.88 bits per heavy atom. The van der Waals surface area contributed by atoms with Gasteiger partial charge in [0.05, 0.1) is 6.10 Å². The molecule has 1 aromatic heterocycles. The van der Waals surface area contributed by atoms with Gasteiger partial charge in [0.15, 0.2) is 0 Å². The molecule has 2 aromatic rings. The Bertz CT molecular complexity index is 869. The van der Waals surface area contributed by atoms with Crippen LogP contribution in [0.25, 0.3) is 5.69 Å². The highest BCUT2D eigenvalue weighted by Crippen LogP contribution is 2.30. The van der Waals surface area contributed by atoms with Gasteiger partial charge in [0.2, 0.25) is 5.91 Å². The van der Waals surface area contributed by atoms with Crippen LogP contribution in [-0.4, -0.2) is 33.1 Å². The van der Waals surface area contributed by atoms with Gasteiger partial charge in [-0.15, -0.1) is 0 Å². The van der Waals surface area contributed by atoms with Crippen LogP contribution < -0.4 is 5.56 Å². The SMILES string of the molecule is O=C(C1CC(O)C1)N1CCc2cc(=O)n(-c3ccc(F)cc3)cc2C1. The number of fused-ring (bicyclic) bond motifs is 1. The van der Waals surface area contributed by atoms with E-state index >= 15 is 0 Å². The molecule has 0 radical (unpaired) electrons. The highest BCUT2D eigenvalue weighted by atomic mass is 19.1. The van der Waals surface area contributed by atoms with E-state index < -0.39 is 0 Å². The molecule has 2 aliphatic rings. The Balaban J connectivity index is 1.61. The van der Waals surface area contributed by atoms with Gasteiger partial charge in [0, 0.05) is 37.0 Å². The maximum Gasteiger partial charge on any atom is 0.255 e. The van der Waals surface area contributed by atoms with Crippen molar-refractivity contribution in [2.24, 2.45) is 5.92 Å². The zero-order chi connectivity index (χ0) is 17.6. The molecule has 1 N–H and O–H groups in total. The van der Waals surface area contributed by atoms with E-state index in [1.54, 1.807) is 29.3 Å². The quantitative estimate of drug-likeness (QED) is 0.902. The minimum atomic E-state index is -0.353. The number of carbonyl (C=O) groups is 1. The maximum atomic E-state index is 13.1. The summed E-state index contributed by atoms with van der Waals surface area (Å²) in [5, 5.41) is 9.40. The Morgan fingerprint density at radius 1 is 1.16 bits per heavy atom. The second-order valence-corrected chi connectivity index (χ2v) is 6.84. The first-order valence-electron chi connectivity index (χ1n) is 8.48. The van der Waals surface area contributed by atoms with Crippen molar-refractivity contribution in [3.8, 4) is 5.69 Å². The largest absolute Gasteiger partial charge is 0.393 e. The summed E-state index contributed by atoms with van der Waals surface area (Å²) in [6.07, 6.45) is 3.12. The van der Waals surface area contributed by atoms with Crippen LogP contribution in [0.15, 0.2) is 41.3 Å². The monoisotopic (exact) mass is 342 g/mol. The average Bonchev–Trinajstić information content (AvgIpc) is 2.58. The number of rotatable bonds is 2. The molecule has 0 spiro atoms. The molecule has 1 fully saturated rings. The number of pyridine rings is 1. The van der Waals surface area contributed by atoms with Crippen molar-refractivity contribution in [2.75, 3.05) is 6.54 Å². The summed E-state index contributed by atoms with van der Waals surface area (Å²) in [5.41, 5.74) is 2.33. The highest BCUT2D eigenvalue weighted by Gasteiger charge is 2.36. The third kappa shape index (κ3) is 2.98. The zero-order valence-corrected chi connectivity index (χ0v) is 13.7. The molecule has 0 saturated heterocycles. The molecule has 0 unspecified atom stereocenters. The number of aliphatic hydroxyl groups excluding tert-OH is 1. The number of hydrogen-bond acceptors (Lipinski definition) is 3. The van der Waals surface area contributed by atoms with Crippen molar-refractivity contribution in [2.45, 2.75) is 31.9 Å². The zero-order valence-electron chi connectivity index (χ0n) is 13.7. The summed E-state index contributed by atoms with van der Waals surface area (Å²) in [6, 6.07) is 7.36. The van der Waals surface area contributed by atoms with E-state index in [9.17, 15) is 19.1 Å². The predicted molar refractivity (Wildman–Crippen MR) is 89.8 cm³/mol. The summed E-state index contributed by atoms with van der Waals surface area (Å²) in [5.74, 6) is -0.357. The first kappa shape index (κ1) is 16.0. The Kier molecular flexibility index (Phi) is 3.92. The molecule has 0 bridgehead atoms. The van der Waals surface area contributed by atoms with Crippen molar-refractivity contribution in [3.63, 3.8) is 0 Å². The molecule has 6 heteroatoms. The second-order valence-electron chi connectivity index (χ2n) is 6.84. The standard InChI is InChI=1S/C19H19FN2O3/c20-15-1-3-16(4-2-15)22-11-14-10-21(6-5-12(14)9-18(22)24)19(25)13-7-17(23)8-13/h1-4,9,11,13,17,23H,5-8,10H2. The molecule has 130 valence electrons. The molecule has 5 nitrogen and oxygen atoms in total. The number of amides is 1. The minimum absolute atomic E-state index is 0.0792. The van der Waals surface area contributed by atoms with Crippen LogP contribution in [0.3, 0.4) is 0 Å². The number of carbonyl (C=O) groups excluding carboxylic acids is 1. The van der Waals surface area contributed by atoms with Crippen LogP contribution in [0.5, 0.6) is 0 Å². The molecule has 4 rings (SSSR count). The van der Waals surface area contributed by atoms with Gasteiger partial charge < -0.3 is 10.0 Å². The number of halogens is 1. The van der Waals surface area contributed by atoms with Crippen LogP contribution in [0.4, 0.5) is 4.39 Å². The highest BCUT2D eigenvalue weighted by molar-refractivity contribution is 5.80. The van der Waals surface area contributed by atoms with Gasteiger partial charge in [-0.25, -0.2) is 4.39 Å². The van der Waals surface area contributed by atoms with Gasteiger partial charge in [-0.05, 0) is 54.7 Å². The molecule has 25 heavy (non-hydrogen) atoms. The Labute approximate surface area is 144 Å². The number of aromatic nitrogens is 1. The van der Waals surface area contributed by atoms with Crippen LogP contribution in [-0.2, 0) is 17.8 Å². The predicted octanol–water partition coefficient (Wildman–Crippen LogP) is 1.63. The van der Waals surface area contributed by atoms with Gasteiger partial charge >= 0.3 is 0 Å². The molecule has 1 amide bonds. The van der Waals surface area contributed by atoms with Crippen LogP contribution in [0, 0.1) is 11.7 Å². The van der Waals surface area contributed by atoms with Crippen molar-refractivity contribution in [1.29, 1.82) is 0 Å². The molecule has 1 aliphatic carbocycles. The smallest absolute Gasteiger partial charge is 0.255 e. The van der Waals surface area contributed by atoms with Crippen LogP contribution >= 0.6 is 0 Å². The van der Waals surface area contributed by atoms with Crippen LogP contribution in [0.1, 0.15) is 24.0 Å². The van der Waals surface area contributed by atoms with Crippen molar-refractivity contribution in [3.05, 3.63) is 63.8 Å². The summed E-state index contributed by atoms with van der Waals surface area (Å²) in [7, 11) is 0. The van der Waals surface area contributed by atoms with E-state index in [-0.39, 0.29) is 29.3 Å². The van der Waals surface area contributed by atoms with E-state index in [4.69, 9.17) is 0 Å². The van der Waals surface area contributed by atoms with E-state index in [2.05, 4.69) is 0 Å². The molecule has 1 saturated carbocycles. The second kappa shape index (κ2) is 6.11. The van der Waals surface area contributed by atoms with Crippen molar-refractivity contribution >= 4 is 5.91 Å². The fourth-order valence-corrected chi connectivity index (χ4v) is 3.57. The van der Waals surface area contributed by atoms with Gasteiger partial charge in [-0.3, -0.25) is 14.2 Å². The lowest BCUT2D eigenvalue weighted by atomic mass is 9.81. The summed E-state index contributed by atoms with van der Waals surface area (Å²) in [4.78, 5) is 26.7. The lowest BCUT2D eigenvalue weighted by Gasteiger charge is -2.37. The van der Waals surface area contributed by atoms with E-state index in [0.29, 0.717) is 38.0 Å². The first-order chi connectivity index (χ1) is 12.0. The first-order valence-corrected chi connectivity index (χ1v) is 8.48. The molecule has 1 aromatic carbocycles. The fourth-order valence-electron chi connectivity index (χ4n) is 3.57. The number of hydrogen-bond donors (Lipinski definition) is 1.